The van der Waals surface area contributed by atoms with E-state index < -0.39 is 42.4 Å². The molecule has 152 valence electrons. The molecular formula is C21H22N2O6. The lowest BCUT2D eigenvalue weighted by molar-refractivity contribution is -0.147. The van der Waals surface area contributed by atoms with E-state index in [0.29, 0.717) is 12.0 Å². The number of hydrogen-bond donors (Lipinski definition) is 1. The van der Waals surface area contributed by atoms with Crippen molar-refractivity contribution in [2.45, 2.75) is 38.1 Å². The molecule has 1 aliphatic heterocycles. The maximum atomic E-state index is 12.9. The normalized spacial score (nSPS) is 24.2. The van der Waals surface area contributed by atoms with E-state index in [1.54, 1.807) is 24.3 Å². The number of ketones is 1. The average Bonchev–Trinajstić information content (AvgIpc) is 3.24. The molecule has 2 fully saturated rings. The summed E-state index contributed by atoms with van der Waals surface area (Å²) in [6.07, 6.45) is 3.27. The van der Waals surface area contributed by atoms with Crippen molar-refractivity contribution < 1.29 is 28.3 Å². The van der Waals surface area contributed by atoms with Crippen LogP contribution < -0.4 is 5.32 Å². The van der Waals surface area contributed by atoms with Crippen LogP contribution in [-0.2, 0) is 14.3 Å². The Labute approximate surface area is 167 Å². The molecule has 8 nitrogen and oxygen atoms in total. The number of carbonyl (C=O) groups is 4. The van der Waals surface area contributed by atoms with Gasteiger partial charge in [-0.05, 0) is 30.9 Å². The number of Topliss-reactive ketones (excluding diaryl/α,β-unsaturated/α-hetero) is 1. The molecule has 1 spiro atoms. The number of ether oxygens (including phenoxy) is 1. The number of fused-ring (bicyclic) bond motifs is 1. The van der Waals surface area contributed by atoms with Gasteiger partial charge in [0.05, 0.1) is 0 Å². The second-order valence-corrected chi connectivity index (χ2v) is 7.67. The van der Waals surface area contributed by atoms with E-state index in [4.69, 9.17) is 9.15 Å². The van der Waals surface area contributed by atoms with Gasteiger partial charge in [0, 0.05) is 5.39 Å². The van der Waals surface area contributed by atoms with Crippen LogP contribution in [0.25, 0.3) is 11.0 Å². The summed E-state index contributed by atoms with van der Waals surface area (Å²) in [5, 5.41) is 3.55. The van der Waals surface area contributed by atoms with Crippen molar-refractivity contribution in [2.75, 3.05) is 13.2 Å². The van der Waals surface area contributed by atoms with Crippen LogP contribution in [0.2, 0.25) is 0 Å². The van der Waals surface area contributed by atoms with Crippen molar-refractivity contribution >= 4 is 34.7 Å². The predicted molar refractivity (Wildman–Crippen MR) is 102 cm³/mol. The van der Waals surface area contributed by atoms with E-state index in [1.165, 1.54) is 0 Å². The fraction of sp³-hybridized carbons (Fsp3) is 0.429. The Bertz CT molecular complexity index is 963. The van der Waals surface area contributed by atoms with E-state index in [9.17, 15) is 19.2 Å². The summed E-state index contributed by atoms with van der Waals surface area (Å²) in [7, 11) is 0. The summed E-state index contributed by atoms with van der Waals surface area (Å²) in [6.45, 7) is 0.890. The molecule has 2 atom stereocenters. The van der Waals surface area contributed by atoms with E-state index in [2.05, 4.69) is 5.32 Å². The summed E-state index contributed by atoms with van der Waals surface area (Å²) in [5.41, 5.74) is -0.368. The van der Waals surface area contributed by atoms with E-state index >= 15 is 0 Å². The summed E-state index contributed by atoms with van der Waals surface area (Å²) in [5.74, 6) is -1.62. The SMILES string of the molecule is C[C@@H]1CCCC[C@@]12NC(=O)N(CC(=O)OCC(=O)c1cc3ccccc3o1)C2=O. The van der Waals surface area contributed by atoms with Gasteiger partial charge in [0.1, 0.15) is 17.7 Å². The van der Waals surface area contributed by atoms with Crippen LogP contribution in [0.15, 0.2) is 34.7 Å². The number of imide groups is 1. The lowest BCUT2D eigenvalue weighted by atomic mass is 9.73. The number of amides is 3. The Morgan fingerprint density at radius 2 is 2.07 bits per heavy atom. The third kappa shape index (κ3) is 3.39. The Hall–Kier alpha value is -3.16. The first-order chi connectivity index (χ1) is 13.9. The number of urea groups is 1. The number of hydrogen-bond acceptors (Lipinski definition) is 6. The maximum Gasteiger partial charge on any atom is 0.326 e. The van der Waals surface area contributed by atoms with Crippen molar-refractivity contribution in [1.29, 1.82) is 0 Å². The fourth-order valence-electron chi connectivity index (χ4n) is 4.15. The summed E-state index contributed by atoms with van der Waals surface area (Å²) < 4.78 is 10.4. The minimum absolute atomic E-state index is 0.00313. The van der Waals surface area contributed by atoms with Crippen LogP contribution in [0.5, 0.6) is 0 Å². The van der Waals surface area contributed by atoms with Gasteiger partial charge in [0.2, 0.25) is 5.78 Å². The first kappa shape index (κ1) is 19.2. The molecule has 2 heterocycles. The van der Waals surface area contributed by atoms with Crippen molar-refractivity contribution in [2.24, 2.45) is 5.92 Å². The number of nitrogens with zero attached hydrogens (tertiary/aromatic N) is 1. The number of para-hydroxylation sites is 1. The molecule has 1 aromatic carbocycles. The molecule has 1 N–H and O–H groups in total. The topological polar surface area (TPSA) is 106 Å². The molecule has 8 heteroatoms. The summed E-state index contributed by atoms with van der Waals surface area (Å²) >= 11 is 0. The zero-order valence-electron chi connectivity index (χ0n) is 16.1. The highest BCUT2D eigenvalue weighted by atomic mass is 16.5. The minimum atomic E-state index is -0.931. The Morgan fingerprint density at radius 1 is 1.28 bits per heavy atom. The largest absolute Gasteiger partial charge is 0.456 e. The zero-order valence-corrected chi connectivity index (χ0v) is 16.1. The molecule has 4 rings (SSSR count). The van der Waals surface area contributed by atoms with Gasteiger partial charge in [-0.25, -0.2) is 4.79 Å². The number of rotatable bonds is 5. The molecular weight excluding hydrogens is 376 g/mol. The fourth-order valence-corrected chi connectivity index (χ4v) is 4.15. The third-order valence-electron chi connectivity index (χ3n) is 5.85. The third-order valence-corrected chi connectivity index (χ3v) is 5.85. The lowest BCUT2D eigenvalue weighted by Crippen LogP contribution is -2.54. The monoisotopic (exact) mass is 398 g/mol. The minimum Gasteiger partial charge on any atom is -0.456 e. The van der Waals surface area contributed by atoms with Crippen LogP contribution in [0.3, 0.4) is 0 Å². The van der Waals surface area contributed by atoms with E-state index in [0.717, 1.165) is 29.5 Å². The van der Waals surface area contributed by atoms with E-state index in [-0.39, 0.29) is 11.7 Å². The zero-order chi connectivity index (χ0) is 20.6. The Balaban J connectivity index is 1.36. The van der Waals surface area contributed by atoms with Crippen molar-refractivity contribution in [3.63, 3.8) is 0 Å². The Kier molecular flexibility index (Phi) is 4.86. The second kappa shape index (κ2) is 7.35. The van der Waals surface area contributed by atoms with Gasteiger partial charge in [-0.3, -0.25) is 19.3 Å². The van der Waals surface area contributed by atoms with Crippen LogP contribution in [0.1, 0.15) is 43.2 Å². The first-order valence-corrected chi connectivity index (χ1v) is 9.72. The highest BCUT2D eigenvalue weighted by Gasteiger charge is 2.55. The standard InChI is InChI=1S/C21H22N2O6/c1-13-6-4-5-9-21(13)19(26)23(20(27)22-21)11-18(25)28-12-15(24)17-10-14-7-2-3-8-16(14)29-17/h2-3,7-8,10,13H,4-6,9,11-12H2,1H3,(H,22,27)/t13-,21-/m1/s1. The molecule has 29 heavy (non-hydrogen) atoms. The van der Waals surface area contributed by atoms with E-state index in [1.807, 2.05) is 13.0 Å². The number of benzene rings is 1. The molecule has 0 unspecified atom stereocenters. The lowest BCUT2D eigenvalue weighted by Gasteiger charge is -2.36. The van der Waals surface area contributed by atoms with Gasteiger partial charge in [-0.1, -0.05) is 38.0 Å². The summed E-state index contributed by atoms with van der Waals surface area (Å²) in [6, 6.07) is 8.14. The predicted octanol–water partition coefficient (Wildman–Crippen LogP) is 2.66. The second-order valence-electron chi connectivity index (χ2n) is 7.67. The smallest absolute Gasteiger partial charge is 0.326 e. The first-order valence-electron chi connectivity index (χ1n) is 9.72. The molecule has 2 aliphatic rings. The molecule has 0 radical (unpaired) electrons. The molecule has 1 saturated carbocycles. The highest BCUT2D eigenvalue weighted by Crippen LogP contribution is 2.38. The number of esters is 1. The molecule has 0 bridgehead atoms. The number of nitrogens with one attached hydrogen (secondary N) is 1. The molecule has 1 saturated heterocycles. The molecule has 1 aliphatic carbocycles. The van der Waals surface area contributed by atoms with Crippen LogP contribution in [0, 0.1) is 5.92 Å². The van der Waals surface area contributed by atoms with Crippen molar-refractivity contribution in [3.8, 4) is 0 Å². The van der Waals surface area contributed by atoms with Gasteiger partial charge in [0.25, 0.3) is 5.91 Å². The molecule has 2 aromatic rings. The van der Waals surface area contributed by atoms with Gasteiger partial charge < -0.3 is 14.5 Å². The maximum absolute atomic E-state index is 12.9. The van der Waals surface area contributed by atoms with Crippen molar-refractivity contribution in [1.82, 2.24) is 10.2 Å². The van der Waals surface area contributed by atoms with Crippen LogP contribution >= 0.6 is 0 Å². The van der Waals surface area contributed by atoms with Gasteiger partial charge in [-0.2, -0.15) is 0 Å². The average molecular weight is 398 g/mol. The number of carbonyl (C=O) groups excluding carboxylic acids is 4. The number of furan rings is 1. The van der Waals surface area contributed by atoms with Gasteiger partial charge in [-0.15, -0.1) is 0 Å². The molecule has 3 amide bonds. The Morgan fingerprint density at radius 3 is 2.83 bits per heavy atom. The van der Waals surface area contributed by atoms with Gasteiger partial charge >= 0.3 is 12.0 Å². The quantitative estimate of drug-likeness (QED) is 0.472. The highest BCUT2D eigenvalue weighted by molar-refractivity contribution is 6.09. The van der Waals surface area contributed by atoms with Gasteiger partial charge in [0.15, 0.2) is 12.4 Å². The van der Waals surface area contributed by atoms with Crippen molar-refractivity contribution in [3.05, 3.63) is 36.1 Å². The summed E-state index contributed by atoms with van der Waals surface area (Å²) in [4.78, 5) is 50.4. The van der Waals surface area contributed by atoms with Crippen LogP contribution in [-0.4, -0.2) is 47.3 Å². The molecule has 1 aromatic heterocycles. The van der Waals surface area contributed by atoms with Crippen LogP contribution in [0.4, 0.5) is 4.79 Å².